The van der Waals surface area contributed by atoms with Crippen LogP contribution in [0.1, 0.15) is 106 Å². The van der Waals surface area contributed by atoms with Gasteiger partial charge in [-0.15, -0.1) is 0 Å². The number of aliphatic carboxylic acids is 1. The number of rotatable bonds is 8. The number of hydrogen-bond acceptors (Lipinski definition) is 9. The molecule has 0 unspecified atom stereocenters. The van der Waals surface area contributed by atoms with Crippen molar-refractivity contribution in [3.05, 3.63) is 214 Å². The van der Waals surface area contributed by atoms with Crippen LogP contribution in [0.5, 0.6) is 0 Å². The zero-order chi connectivity index (χ0) is 54.5. The molecule has 412 valence electrons. The summed E-state index contributed by atoms with van der Waals surface area (Å²) in [6.07, 6.45) is -0.202. The third-order valence-electron chi connectivity index (χ3n) is 14.3. The van der Waals surface area contributed by atoms with E-state index in [4.69, 9.17) is 9.47 Å². The van der Waals surface area contributed by atoms with Crippen LogP contribution in [0.2, 0.25) is 0 Å². The molecule has 0 saturated carbocycles. The molecule has 10 rings (SSSR count). The normalized spacial score (nSPS) is 17.7. The number of ether oxygens (including phenoxy) is 2. The lowest BCUT2D eigenvalue weighted by Gasteiger charge is -2.43. The highest BCUT2D eigenvalue weighted by molar-refractivity contribution is 5.87. The lowest BCUT2D eigenvalue weighted by Crippen LogP contribution is -2.58. The maximum Gasteiger partial charge on any atom is 0.411 e. The number of piperazine rings is 2. The molecule has 4 aliphatic rings. The van der Waals surface area contributed by atoms with Crippen LogP contribution in [-0.2, 0) is 45.0 Å². The maximum atomic E-state index is 13.9. The number of benzene rings is 6. The van der Waals surface area contributed by atoms with Crippen molar-refractivity contribution in [3.63, 3.8) is 0 Å². The number of amides is 3. The number of carbonyl (C=O) groups excluding carboxylic acids is 3. The van der Waals surface area contributed by atoms with E-state index in [0.717, 1.165) is 61.5 Å². The van der Waals surface area contributed by atoms with Crippen LogP contribution in [0.3, 0.4) is 0 Å². The lowest BCUT2D eigenvalue weighted by atomic mass is 9.93. The Labute approximate surface area is 462 Å². The van der Waals surface area contributed by atoms with Crippen LogP contribution < -0.4 is 5.32 Å². The molecular weight excluding hydrogens is 977 g/mol. The summed E-state index contributed by atoms with van der Waals surface area (Å²) in [7, 11) is 0. The Hall–Kier alpha value is -7.32. The standard InChI is InChI=1S/C32H37N3O3.C17H20N2.C15H19NO4.CH4/c1-32(2,3)38-31(37)35-23-27-17-11-10-16-26(27)22-28(35)30(36)34-20-18-33(19-21-34)29(24-12-6-4-7-13-24)25-14-8-5-9-15-25;1-3-7-15(8-4-1)17(16-9-5-2-6-10-16)19-13-11-18-12-14-19;1-15(2,3)20-14(19)16-9-11-7-5-4-6-10(11)8-12(16)13(17)18;/h4-17,28-29H,18-23H2,1-3H3;1-10,17-18H,11-14H2;4-7,12H,8-9H2,1-3H3,(H,17,18);1H4/t28-;;12-;/m0.0./s1. The van der Waals surface area contributed by atoms with Crippen molar-refractivity contribution in [2.24, 2.45) is 0 Å². The second kappa shape index (κ2) is 26.8. The van der Waals surface area contributed by atoms with E-state index in [0.29, 0.717) is 38.5 Å². The van der Waals surface area contributed by atoms with Gasteiger partial charge in [-0.3, -0.25) is 24.4 Å². The lowest BCUT2D eigenvalue weighted by molar-refractivity contribution is -0.143. The SMILES string of the molecule is C.CC(C)(C)OC(=O)N1Cc2ccccc2C[C@H]1C(=O)N1CCN(C(c2ccccc2)c2ccccc2)CC1.CC(C)(C)OC(=O)N1Cc2ccccc2C[C@H]1C(=O)O.c1ccc(C(c2ccccc2)N2CCNCC2)cc1. The van der Waals surface area contributed by atoms with Crippen LogP contribution in [0.15, 0.2) is 170 Å². The average molecular weight is 1060 g/mol. The van der Waals surface area contributed by atoms with E-state index in [1.165, 1.54) is 27.2 Å². The molecular formula is C65H80N6O7. The third kappa shape index (κ3) is 15.5. The Morgan fingerprint density at radius 1 is 0.462 bits per heavy atom. The van der Waals surface area contributed by atoms with Gasteiger partial charge in [0.1, 0.15) is 23.3 Å². The van der Waals surface area contributed by atoms with Crippen molar-refractivity contribution in [1.29, 1.82) is 0 Å². The van der Waals surface area contributed by atoms with Gasteiger partial charge in [-0.25, -0.2) is 14.4 Å². The molecule has 0 spiro atoms. The van der Waals surface area contributed by atoms with Crippen LogP contribution in [0, 0.1) is 0 Å². The fraction of sp³-hybridized carbons (Fsp3) is 0.385. The quantitative estimate of drug-likeness (QED) is 0.152. The van der Waals surface area contributed by atoms with Crippen molar-refractivity contribution in [3.8, 4) is 0 Å². The summed E-state index contributed by atoms with van der Waals surface area (Å²) < 4.78 is 11.0. The molecule has 6 aromatic rings. The molecule has 4 aliphatic heterocycles. The number of fused-ring (bicyclic) bond motifs is 2. The van der Waals surface area contributed by atoms with Gasteiger partial charge in [0.05, 0.1) is 25.2 Å². The molecule has 13 nitrogen and oxygen atoms in total. The number of carboxylic acid groups (broad SMARTS) is 1. The van der Waals surface area contributed by atoms with Gasteiger partial charge in [-0.05, 0) is 86.1 Å². The second-order valence-electron chi connectivity index (χ2n) is 22.1. The highest BCUT2D eigenvalue weighted by atomic mass is 16.6. The van der Waals surface area contributed by atoms with Gasteiger partial charge in [-0.1, -0.05) is 177 Å². The van der Waals surface area contributed by atoms with Crippen molar-refractivity contribution in [1.82, 2.24) is 29.8 Å². The Bertz CT molecular complexity index is 2780. The summed E-state index contributed by atoms with van der Waals surface area (Å²) in [4.78, 5) is 60.6. The van der Waals surface area contributed by atoms with Gasteiger partial charge in [0, 0.05) is 65.2 Å². The zero-order valence-corrected chi connectivity index (χ0v) is 45.6. The first-order valence-electron chi connectivity index (χ1n) is 27.1. The number of hydrogen-bond donors (Lipinski definition) is 2. The smallest absolute Gasteiger partial charge is 0.411 e. The van der Waals surface area contributed by atoms with E-state index in [1.807, 2.05) is 80.3 Å². The maximum absolute atomic E-state index is 13.9. The molecule has 2 fully saturated rings. The first-order valence-corrected chi connectivity index (χ1v) is 27.1. The Morgan fingerprint density at radius 2 is 0.782 bits per heavy atom. The summed E-state index contributed by atoms with van der Waals surface area (Å²) in [5.41, 5.74) is 8.13. The topological polar surface area (TPSA) is 135 Å². The Balaban J connectivity index is 0.000000186. The summed E-state index contributed by atoms with van der Waals surface area (Å²) in [5.74, 6) is -1.01. The monoisotopic (exact) mass is 1060 g/mol. The predicted molar refractivity (Wildman–Crippen MR) is 308 cm³/mol. The van der Waals surface area contributed by atoms with Crippen LogP contribution in [-0.4, -0.2) is 129 Å². The second-order valence-corrected chi connectivity index (χ2v) is 22.1. The molecule has 2 atom stereocenters. The highest BCUT2D eigenvalue weighted by Crippen LogP contribution is 2.33. The fourth-order valence-corrected chi connectivity index (χ4v) is 10.6. The van der Waals surface area contributed by atoms with E-state index < -0.39 is 41.4 Å². The van der Waals surface area contributed by atoms with E-state index in [-0.39, 0.29) is 25.9 Å². The van der Waals surface area contributed by atoms with Gasteiger partial charge in [0.2, 0.25) is 5.91 Å². The zero-order valence-electron chi connectivity index (χ0n) is 45.6. The van der Waals surface area contributed by atoms with Crippen molar-refractivity contribution >= 4 is 24.1 Å². The van der Waals surface area contributed by atoms with Gasteiger partial charge < -0.3 is 24.8 Å². The molecule has 0 aliphatic carbocycles. The van der Waals surface area contributed by atoms with Gasteiger partial charge in [0.25, 0.3) is 0 Å². The number of nitrogens with one attached hydrogen (secondary N) is 1. The molecule has 78 heavy (non-hydrogen) atoms. The molecule has 2 N–H and O–H groups in total. The Kier molecular flexibility index (Phi) is 20.1. The molecule has 13 heteroatoms. The molecule has 0 aromatic heterocycles. The molecule has 6 aromatic carbocycles. The number of nitrogens with zero attached hydrogens (tertiary/aromatic N) is 5. The highest BCUT2D eigenvalue weighted by Gasteiger charge is 2.41. The van der Waals surface area contributed by atoms with E-state index >= 15 is 0 Å². The van der Waals surface area contributed by atoms with Crippen molar-refractivity contribution < 1.29 is 33.8 Å². The minimum absolute atomic E-state index is 0. The first-order chi connectivity index (χ1) is 37.0. The van der Waals surface area contributed by atoms with Crippen LogP contribution >= 0.6 is 0 Å². The first kappa shape index (κ1) is 58.4. The van der Waals surface area contributed by atoms with E-state index in [2.05, 4.69) is 130 Å². The molecule has 0 bridgehead atoms. The van der Waals surface area contributed by atoms with Gasteiger partial charge in [-0.2, -0.15) is 0 Å². The largest absolute Gasteiger partial charge is 0.480 e. The summed E-state index contributed by atoms with van der Waals surface area (Å²) in [5, 5.41) is 12.8. The van der Waals surface area contributed by atoms with Crippen LogP contribution in [0.4, 0.5) is 9.59 Å². The predicted octanol–water partition coefficient (Wildman–Crippen LogP) is 11.0. The van der Waals surface area contributed by atoms with Crippen molar-refractivity contribution in [2.75, 3.05) is 52.4 Å². The molecule has 0 radical (unpaired) electrons. The minimum Gasteiger partial charge on any atom is -0.480 e. The summed E-state index contributed by atoms with van der Waals surface area (Å²) in [6, 6.07) is 57.4. The fourth-order valence-electron chi connectivity index (χ4n) is 10.6. The van der Waals surface area contributed by atoms with Gasteiger partial charge >= 0.3 is 18.2 Å². The van der Waals surface area contributed by atoms with Crippen molar-refractivity contribution in [2.45, 2.75) is 110 Å². The van der Waals surface area contributed by atoms with E-state index in [1.54, 1.807) is 25.7 Å². The number of carboxylic acids is 1. The average Bonchev–Trinajstić information content (AvgIpc) is 3.49. The molecule has 2 saturated heterocycles. The van der Waals surface area contributed by atoms with Gasteiger partial charge in [0.15, 0.2) is 0 Å². The minimum atomic E-state index is -1.01. The molecule has 3 amide bonds. The Morgan fingerprint density at radius 3 is 1.14 bits per heavy atom. The molecule has 4 heterocycles. The summed E-state index contributed by atoms with van der Waals surface area (Å²) >= 11 is 0. The van der Waals surface area contributed by atoms with Crippen LogP contribution in [0.25, 0.3) is 0 Å². The van der Waals surface area contributed by atoms with E-state index in [9.17, 15) is 24.3 Å². The number of carbonyl (C=O) groups is 4. The summed E-state index contributed by atoms with van der Waals surface area (Å²) in [6.45, 7) is 18.6. The third-order valence-corrected chi connectivity index (χ3v) is 14.3.